The summed E-state index contributed by atoms with van der Waals surface area (Å²) in [6, 6.07) is 22.1. The van der Waals surface area contributed by atoms with Gasteiger partial charge in [-0.3, -0.25) is 4.79 Å². The minimum Gasteiger partial charge on any atom is -0.497 e. The van der Waals surface area contributed by atoms with Crippen LogP contribution < -0.4 is 10.1 Å². The van der Waals surface area contributed by atoms with E-state index in [0.29, 0.717) is 5.82 Å². The summed E-state index contributed by atoms with van der Waals surface area (Å²) in [5.74, 6) is 1.44. The zero-order valence-corrected chi connectivity index (χ0v) is 28.9. The molecule has 5 heteroatoms. The molecule has 4 rings (SSSR count). The Morgan fingerprint density at radius 1 is 0.978 bits per heavy atom. The lowest BCUT2D eigenvalue weighted by Crippen LogP contribution is -2.30. The molecule has 0 bridgehead atoms. The molecule has 3 aromatic carbocycles. The van der Waals surface area contributed by atoms with Crippen LogP contribution in [0.2, 0.25) is 0 Å². The van der Waals surface area contributed by atoms with Crippen LogP contribution in [0.1, 0.15) is 83.6 Å². The van der Waals surface area contributed by atoms with Gasteiger partial charge in [-0.1, -0.05) is 110 Å². The molecule has 1 heterocycles. The molecule has 1 N–H and O–H groups in total. The maximum absolute atomic E-state index is 13.3. The summed E-state index contributed by atoms with van der Waals surface area (Å²) in [5, 5.41) is 5.50. The van der Waals surface area contributed by atoms with E-state index in [2.05, 4.69) is 68.2 Å². The molecule has 5 nitrogen and oxygen atoms in total. The third-order valence-electron chi connectivity index (χ3n) is 7.17. The van der Waals surface area contributed by atoms with Crippen molar-refractivity contribution >= 4 is 34.4 Å². The van der Waals surface area contributed by atoms with E-state index in [1.54, 1.807) is 13.2 Å². The summed E-state index contributed by atoms with van der Waals surface area (Å²) in [4.78, 5) is 18.2. The summed E-state index contributed by atoms with van der Waals surface area (Å²) in [5.41, 5.74) is 5.26. The molecule has 242 valence electrons. The Morgan fingerprint density at radius 3 is 2.30 bits per heavy atom. The van der Waals surface area contributed by atoms with Crippen molar-refractivity contribution in [3.8, 4) is 5.75 Å². The van der Waals surface area contributed by atoms with Gasteiger partial charge in [-0.2, -0.15) is 0 Å². The van der Waals surface area contributed by atoms with E-state index in [1.807, 2.05) is 106 Å². The second-order valence-corrected chi connectivity index (χ2v) is 10.5. The molecule has 1 amide bonds. The standard InChI is InChI=1S/C36H39N3O2.C3H6.C2H6/c1-6-26(3)12-10-14-29(7-2)34-24-39(35(38-34)23-20-28-18-21-31(41-5)22-19-28)25-36(40)37-27(4)32-17-11-15-30-13-8-9-16-33(30)32;1-3-2;1-2/h6-11,13-24,27H,12,25H2,1-5H3,(H,37,40);3H,1H2,2H3;1-2H3/b14-10-,23-20+,26-6+,29-7+;;. The highest BCUT2D eigenvalue weighted by atomic mass is 16.5. The van der Waals surface area contributed by atoms with Crippen LogP contribution in [0.4, 0.5) is 0 Å². The predicted octanol–water partition coefficient (Wildman–Crippen LogP) is 10.6. The first-order valence-corrected chi connectivity index (χ1v) is 16.0. The predicted molar refractivity (Wildman–Crippen MR) is 199 cm³/mol. The number of rotatable bonds is 11. The van der Waals surface area contributed by atoms with E-state index in [1.165, 1.54) is 5.57 Å². The number of hydrogen-bond donors (Lipinski definition) is 1. The fourth-order valence-corrected chi connectivity index (χ4v) is 4.68. The number of allylic oxidation sites excluding steroid dienone is 7. The van der Waals surface area contributed by atoms with E-state index in [0.717, 1.165) is 45.3 Å². The minimum atomic E-state index is -0.140. The maximum atomic E-state index is 13.3. The summed E-state index contributed by atoms with van der Waals surface area (Å²) < 4.78 is 7.19. The van der Waals surface area contributed by atoms with Gasteiger partial charge in [0.1, 0.15) is 18.1 Å². The zero-order chi connectivity index (χ0) is 33.9. The highest BCUT2D eigenvalue weighted by Crippen LogP contribution is 2.24. The van der Waals surface area contributed by atoms with Crippen LogP contribution in [0.5, 0.6) is 5.75 Å². The monoisotopic (exact) mass is 617 g/mol. The Balaban J connectivity index is 0.00000139. The molecule has 1 unspecified atom stereocenters. The summed E-state index contributed by atoms with van der Waals surface area (Å²) in [6.07, 6.45) is 17.0. The second-order valence-electron chi connectivity index (χ2n) is 10.5. The Bertz CT molecular complexity index is 1650. The lowest BCUT2D eigenvalue weighted by atomic mass is 10.00. The average molecular weight is 618 g/mol. The van der Waals surface area contributed by atoms with Crippen LogP contribution in [-0.4, -0.2) is 22.6 Å². The number of fused-ring (bicyclic) bond motifs is 1. The number of amides is 1. The number of nitrogens with one attached hydrogen (secondary N) is 1. The topological polar surface area (TPSA) is 56.2 Å². The maximum Gasteiger partial charge on any atom is 0.240 e. The molecule has 0 saturated carbocycles. The molecule has 1 atom stereocenters. The smallest absolute Gasteiger partial charge is 0.240 e. The molecule has 0 aliphatic heterocycles. The van der Waals surface area contributed by atoms with Gasteiger partial charge >= 0.3 is 0 Å². The number of imidazole rings is 1. The second kappa shape index (κ2) is 20.2. The van der Waals surface area contributed by atoms with Crippen molar-refractivity contribution < 1.29 is 9.53 Å². The number of nitrogens with zero attached hydrogens (tertiary/aromatic N) is 2. The first-order valence-electron chi connectivity index (χ1n) is 16.0. The van der Waals surface area contributed by atoms with Gasteiger partial charge in [-0.25, -0.2) is 4.98 Å². The Labute approximate surface area is 276 Å². The van der Waals surface area contributed by atoms with Gasteiger partial charge in [-0.05, 0) is 86.7 Å². The summed E-state index contributed by atoms with van der Waals surface area (Å²) in [7, 11) is 1.66. The molecule has 0 saturated heterocycles. The number of carbonyl (C=O) groups is 1. The highest BCUT2D eigenvalue weighted by molar-refractivity contribution is 5.87. The van der Waals surface area contributed by atoms with Crippen molar-refractivity contribution in [2.75, 3.05) is 7.11 Å². The average Bonchev–Trinajstić information content (AvgIpc) is 3.48. The van der Waals surface area contributed by atoms with Crippen LogP contribution >= 0.6 is 0 Å². The number of aromatic nitrogens is 2. The van der Waals surface area contributed by atoms with E-state index in [9.17, 15) is 4.79 Å². The first kappa shape index (κ1) is 37.3. The molecule has 0 fully saturated rings. The van der Waals surface area contributed by atoms with Gasteiger partial charge in [0.05, 0.1) is 18.8 Å². The van der Waals surface area contributed by atoms with Crippen molar-refractivity contribution in [1.29, 1.82) is 0 Å². The van der Waals surface area contributed by atoms with E-state index in [4.69, 9.17) is 9.72 Å². The van der Waals surface area contributed by atoms with E-state index < -0.39 is 0 Å². The number of carbonyl (C=O) groups excluding carboxylic acids is 1. The third kappa shape index (κ3) is 11.2. The Kier molecular flexibility index (Phi) is 16.4. The number of methoxy groups -OCH3 is 1. The summed E-state index contributed by atoms with van der Waals surface area (Å²) in [6.45, 7) is 17.6. The minimum absolute atomic E-state index is 0.0743. The molecule has 0 radical (unpaired) electrons. The molecule has 0 spiro atoms. The molecule has 1 aromatic heterocycles. The van der Waals surface area contributed by atoms with Crippen molar-refractivity contribution in [3.63, 3.8) is 0 Å². The summed E-state index contributed by atoms with van der Waals surface area (Å²) >= 11 is 0. The van der Waals surface area contributed by atoms with E-state index >= 15 is 0 Å². The lowest BCUT2D eigenvalue weighted by molar-refractivity contribution is -0.122. The number of ether oxygens (including phenoxy) is 1. The van der Waals surface area contributed by atoms with Crippen molar-refractivity contribution in [2.24, 2.45) is 0 Å². The first-order chi connectivity index (χ1) is 22.3. The zero-order valence-electron chi connectivity index (χ0n) is 28.9. The van der Waals surface area contributed by atoms with Gasteiger partial charge in [0.2, 0.25) is 5.91 Å². The van der Waals surface area contributed by atoms with E-state index in [-0.39, 0.29) is 18.5 Å². The van der Waals surface area contributed by atoms with Gasteiger partial charge in [0, 0.05) is 6.20 Å². The van der Waals surface area contributed by atoms with Crippen molar-refractivity contribution in [2.45, 2.75) is 67.5 Å². The van der Waals surface area contributed by atoms with Crippen LogP contribution in [0.3, 0.4) is 0 Å². The normalized spacial score (nSPS) is 12.3. The van der Waals surface area contributed by atoms with Crippen LogP contribution in [0.15, 0.2) is 115 Å². The molecule has 46 heavy (non-hydrogen) atoms. The van der Waals surface area contributed by atoms with Gasteiger partial charge < -0.3 is 14.6 Å². The lowest BCUT2D eigenvalue weighted by Gasteiger charge is -2.17. The molecule has 4 aromatic rings. The fourth-order valence-electron chi connectivity index (χ4n) is 4.68. The van der Waals surface area contributed by atoms with Gasteiger partial charge in [0.15, 0.2) is 0 Å². The molecular formula is C41H51N3O2. The van der Waals surface area contributed by atoms with Gasteiger partial charge in [0.25, 0.3) is 0 Å². The Hall–Kier alpha value is -4.90. The number of hydrogen-bond acceptors (Lipinski definition) is 3. The molecule has 0 aliphatic rings. The number of benzene rings is 3. The Morgan fingerprint density at radius 2 is 1.65 bits per heavy atom. The SMILES string of the molecule is C/C=C(\C)C/C=C\C(=C/C)c1cn(CC(=O)NC(C)c2cccc3ccccc23)c(/C=C/c2ccc(OC)cc2)n1.C=CC.CC. The van der Waals surface area contributed by atoms with Crippen molar-refractivity contribution in [1.82, 2.24) is 14.9 Å². The largest absolute Gasteiger partial charge is 0.497 e. The van der Waals surface area contributed by atoms with Gasteiger partial charge in [-0.15, -0.1) is 6.58 Å². The van der Waals surface area contributed by atoms with Crippen molar-refractivity contribution in [3.05, 3.63) is 138 Å². The molecular weight excluding hydrogens is 566 g/mol. The quantitative estimate of drug-likeness (QED) is 0.135. The molecule has 0 aliphatic carbocycles. The highest BCUT2D eigenvalue weighted by Gasteiger charge is 2.15. The fraction of sp³-hybridized carbons (Fsp3) is 0.268. The third-order valence-corrected chi connectivity index (χ3v) is 7.17. The van der Waals surface area contributed by atoms with Crippen LogP contribution in [0, 0.1) is 0 Å². The van der Waals surface area contributed by atoms with Crippen LogP contribution in [0.25, 0.3) is 28.5 Å². The van der Waals surface area contributed by atoms with Crippen LogP contribution in [-0.2, 0) is 11.3 Å².